The molecule has 0 amide bonds. The first-order valence-corrected chi connectivity index (χ1v) is 19.3. The lowest BCUT2D eigenvalue weighted by Crippen LogP contribution is -2.38. The van der Waals surface area contributed by atoms with Gasteiger partial charge in [-0.05, 0) is 61.8 Å². The number of thiazole rings is 2. The Morgan fingerprint density at radius 1 is 0.833 bits per heavy atom. The van der Waals surface area contributed by atoms with E-state index in [1.807, 2.05) is 67.6 Å². The number of anilines is 1. The maximum absolute atomic E-state index is 13.7. The van der Waals surface area contributed by atoms with Crippen LogP contribution in [0.3, 0.4) is 0 Å². The van der Waals surface area contributed by atoms with Gasteiger partial charge in [-0.15, -0.1) is 11.3 Å². The van der Waals surface area contributed by atoms with Crippen molar-refractivity contribution in [1.29, 1.82) is 0 Å². The van der Waals surface area contributed by atoms with Gasteiger partial charge in [-0.1, -0.05) is 84.1 Å². The largest absolute Gasteiger partial charge is 0.748 e. The van der Waals surface area contributed by atoms with Crippen LogP contribution in [0.5, 0.6) is 0 Å². The normalized spacial score (nSPS) is 14.6. The minimum atomic E-state index is -4.30. The monoisotopic (exact) mass is 695 g/mol. The number of hydrogen-bond donors (Lipinski definition) is 0. The van der Waals surface area contributed by atoms with Crippen molar-refractivity contribution in [2.45, 2.75) is 39.8 Å². The molecular formula is C38H37N3O4S3. The zero-order valence-electron chi connectivity index (χ0n) is 26.9. The molecule has 0 saturated carbocycles. The fourth-order valence-electron chi connectivity index (χ4n) is 5.94. The summed E-state index contributed by atoms with van der Waals surface area (Å²) in [5.41, 5.74) is 6.41. The highest BCUT2D eigenvalue weighted by molar-refractivity contribution is 7.85. The van der Waals surface area contributed by atoms with Gasteiger partial charge < -0.3 is 9.45 Å². The molecule has 2 aromatic heterocycles. The van der Waals surface area contributed by atoms with E-state index in [4.69, 9.17) is 0 Å². The Bertz CT molecular complexity index is 2270. The smallest absolute Gasteiger partial charge is 0.269 e. The number of benzene rings is 3. The number of allylic oxidation sites excluding steroid dienone is 3. The highest BCUT2D eigenvalue weighted by Crippen LogP contribution is 2.36. The summed E-state index contributed by atoms with van der Waals surface area (Å²) < 4.78 is 39.6. The minimum Gasteiger partial charge on any atom is -0.748 e. The molecule has 6 rings (SSSR count). The van der Waals surface area contributed by atoms with E-state index in [1.165, 1.54) is 11.3 Å². The third-order valence-corrected chi connectivity index (χ3v) is 11.3. The molecule has 0 saturated heterocycles. The van der Waals surface area contributed by atoms with Gasteiger partial charge >= 0.3 is 0 Å². The molecule has 10 heteroatoms. The second-order valence-corrected chi connectivity index (χ2v) is 15.0. The third kappa shape index (κ3) is 7.37. The number of aromatic nitrogens is 2. The molecule has 3 heterocycles. The quantitative estimate of drug-likeness (QED) is 0.0964. The van der Waals surface area contributed by atoms with Crippen molar-refractivity contribution in [2.75, 3.05) is 17.2 Å². The summed E-state index contributed by atoms with van der Waals surface area (Å²) in [6, 6.07) is 28.6. The fraction of sp³-hybridized carbons (Fsp3) is 0.211. The van der Waals surface area contributed by atoms with Crippen LogP contribution in [0.4, 0.5) is 5.69 Å². The van der Waals surface area contributed by atoms with E-state index in [9.17, 15) is 17.8 Å². The van der Waals surface area contributed by atoms with Gasteiger partial charge in [0.1, 0.15) is 9.54 Å². The van der Waals surface area contributed by atoms with Crippen LogP contribution in [0.2, 0.25) is 0 Å². The summed E-state index contributed by atoms with van der Waals surface area (Å²) in [5, 5.41) is 0.940. The number of rotatable bonds is 11. The number of para-hydroxylation sites is 1. The molecular weight excluding hydrogens is 659 g/mol. The van der Waals surface area contributed by atoms with Crippen molar-refractivity contribution < 1.29 is 17.5 Å². The summed E-state index contributed by atoms with van der Waals surface area (Å²) in [4.78, 5) is 17.0. The Balaban J connectivity index is 1.50. The van der Waals surface area contributed by atoms with Gasteiger partial charge in [0.05, 0.1) is 20.7 Å². The lowest BCUT2D eigenvalue weighted by molar-refractivity contribution is -0.683. The van der Waals surface area contributed by atoms with Crippen molar-refractivity contribution in [3.05, 3.63) is 133 Å². The Kier molecular flexibility index (Phi) is 10.4. The molecule has 0 bridgehead atoms. The molecule has 0 aliphatic carbocycles. The molecule has 0 radical (unpaired) electrons. The average Bonchev–Trinajstić information content (AvgIpc) is 3.61. The first-order valence-electron chi connectivity index (χ1n) is 16.1. The zero-order valence-corrected chi connectivity index (χ0v) is 29.4. The van der Waals surface area contributed by atoms with Crippen LogP contribution in [-0.4, -0.2) is 29.8 Å². The number of fused-ring (bicyclic) bond motifs is 1. The van der Waals surface area contributed by atoms with Crippen molar-refractivity contribution in [1.82, 2.24) is 4.57 Å². The lowest BCUT2D eigenvalue weighted by atomic mass is 9.99. The van der Waals surface area contributed by atoms with Crippen molar-refractivity contribution in [3.63, 3.8) is 0 Å². The standard InChI is InChI=1S/C38H37N3O4S3/c1-3-39-25-23-28(31-19-11-12-20-32(31)39)21-22-33-38(42)40(4-2)34(46-33)27-35-41(24-13-14-26-48(43,44)45)36(29-15-7-5-8-16-29)37(47-35)30-17-9-6-10-18-30/h5-12,15-23,25,27H,3-4,13-14,24,26H2,1-2H3/b28-21-,33-22-. The molecule has 1 aliphatic rings. The molecule has 246 valence electrons. The van der Waals surface area contributed by atoms with E-state index in [1.54, 1.807) is 15.9 Å². The molecule has 3 aromatic carbocycles. The summed E-state index contributed by atoms with van der Waals surface area (Å²) in [5.74, 6) is -0.395. The molecule has 7 nitrogen and oxygen atoms in total. The predicted octanol–water partition coefficient (Wildman–Crippen LogP) is 5.98. The molecule has 0 atom stereocenters. The Morgan fingerprint density at radius 2 is 1.52 bits per heavy atom. The predicted molar refractivity (Wildman–Crippen MR) is 197 cm³/mol. The fourth-order valence-corrected chi connectivity index (χ4v) is 8.88. The van der Waals surface area contributed by atoms with Crippen molar-refractivity contribution >= 4 is 56.2 Å². The topological polar surface area (TPSA) is 86.3 Å². The van der Waals surface area contributed by atoms with Gasteiger partial charge in [0, 0.05) is 48.3 Å². The molecule has 48 heavy (non-hydrogen) atoms. The summed E-state index contributed by atoms with van der Waals surface area (Å²) >= 11 is 3.10. The van der Waals surface area contributed by atoms with E-state index in [0.29, 0.717) is 24.0 Å². The molecule has 1 aliphatic heterocycles. The van der Waals surface area contributed by atoms with Crippen LogP contribution in [-0.2, 0) is 23.2 Å². The van der Waals surface area contributed by atoms with E-state index in [2.05, 4.69) is 71.1 Å². The van der Waals surface area contributed by atoms with Gasteiger partial charge in [0.15, 0.2) is 6.54 Å². The van der Waals surface area contributed by atoms with Crippen molar-refractivity contribution in [3.8, 4) is 21.7 Å². The number of nitrogens with zero attached hydrogens (tertiary/aromatic N) is 3. The van der Waals surface area contributed by atoms with Crippen molar-refractivity contribution in [2.24, 2.45) is 0 Å². The number of unbranched alkanes of at least 4 members (excludes halogenated alkanes) is 1. The van der Waals surface area contributed by atoms with Crippen LogP contribution in [0, 0.1) is 0 Å². The van der Waals surface area contributed by atoms with E-state index in [0.717, 1.165) is 54.7 Å². The van der Waals surface area contributed by atoms with Gasteiger partial charge in [-0.3, -0.25) is 9.36 Å². The molecule has 0 spiro atoms. The summed E-state index contributed by atoms with van der Waals surface area (Å²) in [6.07, 6.45) is 11.0. The Hall–Kier alpha value is -4.35. The molecule has 5 aromatic rings. The summed E-state index contributed by atoms with van der Waals surface area (Å²) in [7, 11) is -4.30. The summed E-state index contributed by atoms with van der Waals surface area (Å²) in [6.45, 7) is 6.00. The SMILES string of the molecule is CCN1C=C/C(=C/C=c2\s/c(=C\c3sc(-c4ccccc4)c(-c4ccccc4)[n+]3CCCCS(=O)(=O)[O-])n(CC)c2=O)c2ccccc21. The maximum atomic E-state index is 13.7. The van der Waals surface area contributed by atoms with Crippen LogP contribution >= 0.6 is 22.7 Å². The molecule has 0 N–H and O–H groups in total. The third-order valence-electron chi connectivity index (χ3n) is 8.28. The van der Waals surface area contributed by atoms with Gasteiger partial charge in [0.2, 0.25) is 5.69 Å². The van der Waals surface area contributed by atoms with Crippen LogP contribution in [0.15, 0.2) is 108 Å². The van der Waals surface area contributed by atoms with E-state index < -0.39 is 15.9 Å². The maximum Gasteiger partial charge on any atom is 0.269 e. The van der Waals surface area contributed by atoms with Crippen LogP contribution in [0.1, 0.15) is 37.3 Å². The molecule has 0 unspecified atom stereocenters. The van der Waals surface area contributed by atoms with Crippen LogP contribution < -0.4 is 24.2 Å². The lowest BCUT2D eigenvalue weighted by Gasteiger charge is -2.26. The second kappa shape index (κ2) is 14.8. The molecule has 0 fully saturated rings. The van der Waals surface area contributed by atoms with Gasteiger partial charge in [-0.2, -0.15) is 4.57 Å². The van der Waals surface area contributed by atoms with E-state index >= 15 is 0 Å². The highest BCUT2D eigenvalue weighted by Gasteiger charge is 2.28. The average molecular weight is 696 g/mol. The zero-order chi connectivity index (χ0) is 33.7. The van der Waals surface area contributed by atoms with E-state index in [-0.39, 0.29) is 12.0 Å². The van der Waals surface area contributed by atoms with Crippen LogP contribution in [0.25, 0.3) is 39.4 Å². The van der Waals surface area contributed by atoms with Gasteiger partial charge in [-0.25, -0.2) is 8.42 Å². The minimum absolute atomic E-state index is 0.0378. The Labute approximate surface area is 289 Å². The number of hydrogen-bond acceptors (Lipinski definition) is 7. The Morgan fingerprint density at radius 3 is 2.21 bits per heavy atom. The highest BCUT2D eigenvalue weighted by atomic mass is 32.2. The first-order chi connectivity index (χ1) is 23.3. The first kappa shape index (κ1) is 33.5. The van der Waals surface area contributed by atoms with Gasteiger partial charge in [0.25, 0.3) is 10.6 Å². The second-order valence-electron chi connectivity index (χ2n) is 11.4.